The second-order valence-corrected chi connectivity index (χ2v) is 11.7. The third kappa shape index (κ3) is 11.9. The molecular weight excluding hydrogens is 518 g/mol. The van der Waals surface area contributed by atoms with Crippen molar-refractivity contribution < 1.29 is 43.2 Å². The van der Waals surface area contributed by atoms with Gasteiger partial charge in [-0.1, -0.05) is 67.4 Å². The third-order valence-electron chi connectivity index (χ3n) is 6.29. The number of rotatable bonds is 15. The summed E-state index contributed by atoms with van der Waals surface area (Å²) in [6, 6.07) is 3.13. The number of carbonyl (C=O) groups excluding carboxylic acids is 3. The van der Waals surface area contributed by atoms with E-state index in [1.807, 2.05) is 34.6 Å². The van der Waals surface area contributed by atoms with Crippen molar-refractivity contribution in [2.75, 3.05) is 6.61 Å². The highest BCUT2D eigenvalue weighted by Gasteiger charge is 2.31. The van der Waals surface area contributed by atoms with E-state index in [-0.39, 0.29) is 35.9 Å². The molecule has 1 aromatic rings. The van der Waals surface area contributed by atoms with E-state index in [1.54, 1.807) is 26.8 Å². The van der Waals surface area contributed by atoms with Crippen LogP contribution in [0.25, 0.3) is 0 Å². The molecule has 40 heavy (non-hydrogen) atoms. The molecule has 0 radical (unpaired) electrons. The molecule has 226 valence electrons. The fraction of sp³-hybridized carbons (Fsp3) is 0.667. The van der Waals surface area contributed by atoms with Crippen molar-refractivity contribution in [3.05, 3.63) is 23.8 Å². The number of ether oxygens (including phenoxy) is 4. The zero-order valence-corrected chi connectivity index (χ0v) is 25.2. The summed E-state index contributed by atoms with van der Waals surface area (Å²) in [5.74, 6) is -3.80. The lowest BCUT2D eigenvalue weighted by Gasteiger charge is -2.26. The van der Waals surface area contributed by atoms with Crippen LogP contribution >= 0.6 is 0 Å². The zero-order valence-electron chi connectivity index (χ0n) is 25.2. The molecular formula is C30H47NO9. The molecule has 0 aliphatic heterocycles. The van der Waals surface area contributed by atoms with Gasteiger partial charge in [0.05, 0.1) is 18.4 Å². The predicted molar refractivity (Wildman–Crippen MR) is 150 cm³/mol. The van der Waals surface area contributed by atoms with Gasteiger partial charge in [0, 0.05) is 5.92 Å². The summed E-state index contributed by atoms with van der Waals surface area (Å²) in [6.45, 7) is 14.9. The van der Waals surface area contributed by atoms with Crippen molar-refractivity contribution >= 4 is 24.1 Å². The third-order valence-corrected chi connectivity index (χ3v) is 6.29. The normalized spacial score (nSPS) is 15.2. The van der Waals surface area contributed by atoms with Gasteiger partial charge in [-0.3, -0.25) is 14.4 Å². The molecule has 0 fully saturated rings. The van der Waals surface area contributed by atoms with E-state index >= 15 is 0 Å². The number of benzene rings is 1. The van der Waals surface area contributed by atoms with E-state index in [1.165, 1.54) is 12.1 Å². The standard InChI is InChI=1S/C30H47NO9/c1-9-11-18(3)27(34)39-23-14-13-21(16-24(23)40-28(35)19(4)12-10-2)22(25(31)26(32)33)15-20(5)38-29(36)37-17-30(6,7)8/h13-14,16,18-20,22,25H,9-12,15,17,31H2,1-8H3,(H,32,33)/t18?,19?,20?,22?,25-/m0/s1. The summed E-state index contributed by atoms with van der Waals surface area (Å²) in [7, 11) is 0. The molecule has 5 atom stereocenters. The molecule has 4 unspecified atom stereocenters. The molecule has 0 amide bonds. The van der Waals surface area contributed by atoms with Gasteiger partial charge >= 0.3 is 24.1 Å². The number of carbonyl (C=O) groups is 4. The molecule has 3 N–H and O–H groups in total. The van der Waals surface area contributed by atoms with Crippen molar-refractivity contribution in [2.45, 2.75) is 106 Å². The first-order valence-electron chi connectivity index (χ1n) is 14.0. The monoisotopic (exact) mass is 565 g/mol. The Kier molecular flexibility index (Phi) is 14.1. The van der Waals surface area contributed by atoms with Crippen molar-refractivity contribution in [1.29, 1.82) is 0 Å². The Morgan fingerprint density at radius 3 is 1.90 bits per heavy atom. The Morgan fingerprint density at radius 1 is 0.900 bits per heavy atom. The highest BCUT2D eigenvalue weighted by molar-refractivity contribution is 5.79. The van der Waals surface area contributed by atoms with Crippen LogP contribution in [0.3, 0.4) is 0 Å². The maximum absolute atomic E-state index is 12.8. The smallest absolute Gasteiger partial charge is 0.480 e. The summed E-state index contributed by atoms with van der Waals surface area (Å²) in [6.07, 6.45) is 1.24. The Labute approximate surface area is 237 Å². The minimum atomic E-state index is -1.36. The van der Waals surface area contributed by atoms with Crippen LogP contribution in [0.5, 0.6) is 11.5 Å². The number of carboxylic acids is 1. The average Bonchev–Trinajstić information content (AvgIpc) is 2.86. The van der Waals surface area contributed by atoms with Gasteiger partial charge in [0.15, 0.2) is 11.5 Å². The number of aliphatic carboxylic acids is 1. The van der Waals surface area contributed by atoms with E-state index in [0.717, 1.165) is 12.8 Å². The second kappa shape index (κ2) is 16.2. The van der Waals surface area contributed by atoms with E-state index in [9.17, 15) is 24.3 Å². The van der Waals surface area contributed by atoms with Crippen LogP contribution in [0.2, 0.25) is 0 Å². The summed E-state index contributed by atoms with van der Waals surface area (Å²) in [5.41, 5.74) is 6.22. The average molecular weight is 566 g/mol. The number of carboxylic acid groups (broad SMARTS) is 1. The second-order valence-electron chi connectivity index (χ2n) is 11.7. The molecule has 0 heterocycles. The first kappa shape index (κ1) is 34.9. The summed E-state index contributed by atoms with van der Waals surface area (Å²) in [4.78, 5) is 49.5. The minimum Gasteiger partial charge on any atom is -0.480 e. The topological polar surface area (TPSA) is 151 Å². The van der Waals surface area contributed by atoms with Gasteiger partial charge in [0.2, 0.25) is 0 Å². The summed E-state index contributed by atoms with van der Waals surface area (Å²) >= 11 is 0. The largest absolute Gasteiger partial charge is 0.508 e. The quantitative estimate of drug-likeness (QED) is 0.196. The number of nitrogens with two attached hydrogens (primary N) is 1. The Morgan fingerprint density at radius 2 is 1.43 bits per heavy atom. The van der Waals surface area contributed by atoms with Crippen LogP contribution in [0.4, 0.5) is 4.79 Å². The molecule has 1 rings (SSSR count). The van der Waals surface area contributed by atoms with Crippen LogP contribution in [0, 0.1) is 17.3 Å². The van der Waals surface area contributed by atoms with E-state index < -0.39 is 48.0 Å². The molecule has 1 aromatic carbocycles. The van der Waals surface area contributed by atoms with Gasteiger partial charge in [-0.2, -0.15) is 0 Å². The molecule has 0 aliphatic carbocycles. The van der Waals surface area contributed by atoms with Gasteiger partial charge < -0.3 is 29.8 Å². The lowest BCUT2D eigenvalue weighted by atomic mass is 9.87. The molecule has 0 aromatic heterocycles. The van der Waals surface area contributed by atoms with Crippen LogP contribution < -0.4 is 15.2 Å². The van der Waals surface area contributed by atoms with Crippen molar-refractivity contribution in [3.8, 4) is 11.5 Å². The van der Waals surface area contributed by atoms with Crippen molar-refractivity contribution in [1.82, 2.24) is 0 Å². The van der Waals surface area contributed by atoms with Gasteiger partial charge in [-0.15, -0.1) is 0 Å². The number of hydrogen-bond donors (Lipinski definition) is 2. The predicted octanol–water partition coefficient (Wildman–Crippen LogP) is 5.84. The SMILES string of the molecule is CCCC(C)C(=O)Oc1ccc(C(CC(C)OC(=O)OCC(C)(C)C)[C@H](N)C(=O)O)cc1OC(=O)C(C)CCC. The summed E-state index contributed by atoms with van der Waals surface area (Å²) < 4.78 is 21.7. The fourth-order valence-corrected chi connectivity index (χ4v) is 3.98. The minimum absolute atomic E-state index is 0.0109. The maximum Gasteiger partial charge on any atom is 0.508 e. The molecule has 0 saturated carbocycles. The Balaban J connectivity index is 3.34. The van der Waals surface area contributed by atoms with Crippen LogP contribution in [-0.2, 0) is 23.9 Å². The molecule has 0 bridgehead atoms. The van der Waals surface area contributed by atoms with E-state index in [4.69, 9.17) is 24.7 Å². The lowest BCUT2D eigenvalue weighted by Crippen LogP contribution is -2.38. The number of hydrogen-bond acceptors (Lipinski definition) is 9. The van der Waals surface area contributed by atoms with Gasteiger partial charge in [0.1, 0.15) is 12.1 Å². The van der Waals surface area contributed by atoms with Crippen LogP contribution in [0.15, 0.2) is 18.2 Å². The van der Waals surface area contributed by atoms with Crippen LogP contribution in [-0.4, -0.2) is 47.9 Å². The highest BCUT2D eigenvalue weighted by atomic mass is 16.7. The van der Waals surface area contributed by atoms with Crippen molar-refractivity contribution in [3.63, 3.8) is 0 Å². The number of esters is 2. The Bertz CT molecular complexity index is 1000. The van der Waals surface area contributed by atoms with E-state index in [0.29, 0.717) is 18.4 Å². The molecule has 0 saturated heterocycles. The first-order valence-corrected chi connectivity index (χ1v) is 14.0. The van der Waals surface area contributed by atoms with Crippen molar-refractivity contribution in [2.24, 2.45) is 23.0 Å². The summed E-state index contributed by atoms with van der Waals surface area (Å²) in [5, 5.41) is 9.70. The molecule has 0 aliphatic rings. The molecule has 10 nitrogen and oxygen atoms in total. The molecule has 10 heteroatoms. The van der Waals surface area contributed by atoms with Crippen LogP contribution in [0.1, 0.15) is 99.0 Å². The zero-order chi connectivity index (χ0) is 30.6. The lowest BCUT2D eigenvalue weighted by molar-refractivity contribution is -0.141. The molecule has 0 spiro atoms. The first-order chi connectivity index (χ1) is 18.6. The maximum atomic E-state index is 12.8. The van der Waals surface area contributed by atoms with Gasteiger partial charge in [-0.25, -0.2) is 4.79 Å². The highest BCUT2D eigenvalue weighted by Crippen LogP contribution is 2.35. The van der Waals surface area contributed by atoms with Gasteiger partial charge in [0.25, 0.3) is 0 Å². The fourth-order valence-electron chi connectivity index (χ4n) is 3.98. The Hall–Kier alpha value is -3.14. The van der Waals surface area contributed by atoms with E-state index in [2.05, 4.69) is 0 Å². The van der Waals surface area contributed by atoms with Gasteiger partial charge in [-0.05, 0) is 49.3 Å².